The average molecular weight is 356 g/mol. The minimum atomic E-state index is -0.191. The lowest BCUT2D eigenvalue weighted by Crippen LogP contribution is -2.37. The number of carbonyl (C=O) groups is 1. The van der Waals surface area contributed by atoms with Crippen LogP contribution in [0.25, 0.3) is 11.2 Å². The van der Waals surface area contributed by atoms with Crippen molar-refractivity contribution in [2.75, 3.05) is 0 Å². The van der Waals surface area contributed by atoms with Gasteiger partial charge in [0.05, 0.1) is 12.1 Å². The van der Waals surface area contributed by atoms with Gasteiger partial charge in [-0.25, -0.2) is 9.78 Å². The van der Waals surface area contributed by atoms with E-state index < -0.39 is 0 Å². The number of hydrogen-bond donors (Lipinski definition) is 1. The molecule has 7 heteroatoms. The molecule has 3 aromatic rings. The number of fused-ring (bicyclic) bond motifs is 1. The summed E-state index contributed by atoms with van der Waals surface area (Å²) < 4.78 is 3.17. The van der Waals surface area contributed by atoms with Crippen LogP contribution in [0.4, 0.5) is 0 Å². The van der Waals surface area contributed by atoms with Crippen molar-refractivity contribution in [2.45, 2.75) is 44.8 Å². The van der Waals surface area contributed by atoms with Crippen LogP contribution in [0.5, 0.6) is 0 Å². The van der Waals surface area contributed by atoms with Crippen molar-refractivity contribution < 1.29 is 4.79 Å². The maximum Gasteiger partial charge on any atom is 0.331 e. The molecule has 0 atom stereocenters. The van der Waals surface area contributed by atoms with Crippen LogP contribution < -0.4 is 11.0 Å². The van der Waals surface area contributed by atoms with E-state index in [1.54, 1.807) is 28.2 Å². The van der Waals surface area contributed by atoms with Crippen LogP contribution in [-0.2, 0) is 17.9 Å². The van der Waals surface area contributed by atoms with E-state index in [1.165, 1.54) is 4.57 Å². The van der Waals surface area contributed by atoms with Crippen LogP contribution in [0.3, 0.4) is 0 Å². The van der Waals surface area contributed by atoms with Crippen LogP contribution >= 0.6 is 11.3 Å². The predicted octanol–water partition coefficient (Wildman–Crippen LogP) is 2.37. The second kappa shape index (κ2) is 6.84. The Bertz CT molecular complexity index is 936. The maximum atomic E-state index is 12.9. The zero-order valence-corrected chi connectivity index (χ0v) is 14.7. The number of thiophene rings is 1. The van der Waals surface area contributed by atoms with Gasteiger partial charge in [0.15, 0.2) is 5.65 Å². The quantitative estimate of drug-likeness (QED) is 0.763. The Morgan fingerprint density at radius 3 is 2.84 bits per heavy atom. The third-order valence-electron chi connectivity index (χ3n) is 4.69. The Labute approximate surface area is 149 Å². The number of imidazole rings is 1. The van der Waals surface area contributed by atoms with Gasteiger partial charge in [-0.3, -0.25) is 13.9 Å². The number of amides is 1. The lowest BCUT2D eigenvalue weighted by molar-refractivity contribution is -0.122. The highest BCUT2D eigenvalue weighted by molar-refractivity contribution is 7.09. The molecule has 130 valence electrons. The lowest BCUT2D eigenvalue weighted by atomic mass is 10.2. The highest BCUT2D eigenvalue weighted by atomic mass is 32.1. The third kappa shape index (κ3) is 3.24. The van der Waals surface area contributed by atoms with E-state index in [-0.39, 0.29) is 24.2 Å². The van der Waals surface area contributed by atoms with Gasteiger partial charge in [-0.05, 0) is 36.4 Å². The second-order valence-corrected chi connectivity index (χ2v) is 7.46. The Kier molecular flexibility index (Phi) is 4.40. The first-order valence-electron chi connectivity index (χ1n) is 8.58. The first-order chi connectivity index (χ1) is 12.2. The van der Waals surface area contributed by atoms with Gasteiger partial charge in [0, 0.05) is 17.1 Å². The van der Waals surface area contributed by atoms with Gasteiger partial charge in [-0.2, -0.15) is 0 Å². The van der Waals surface area contributed by atoms with Crippen LogP contribution in [0, 0.1) is 0 Å². The van der Waals surface area contributed by atoms with Crippen molar-refractivity contribution in [3.63, 3.8) is 0 Å². The monoisotopic (exact) mass is 356 g/mol. The minimum Gasteiger partial charge on any atom is -0.352 e. The Hall–Kier alpha value is -2.41. The standard InChI is InChI=1S/C18H20N4O2S/c23-16(20-13-5-1-2-6-13)12-21-15-8-3-9-19-17(15)22(18(21)24)11-14-7-4-10-25-14/h3-4,7-10,13H,1-2,5-6,11-12H2,(H,20,23). The molecule has 0 unspecified atom stereocenters. The molecular formula is C18H20N4O2S. The fourth-order valence-electron chi connectivity index (χ4n) is 3.49. The minimum absolute atomic E-state index is 0.0367. The molecule has 0 spiro atoms. The summed E-state index contributed by atoms with van der Waals surface area (Å²) in [6.45, 7) is 0.510. The SMILES string of the molecule is O=C(Cn1c(=O)n(Cc2cccs2)c2ncccc21)NC1CCCC1. The van der Waals surface area contributed by atoms with Crippen LogP contribution in [-0.4, -0.2) is 26.1 Å². The molecule has 1 aliphatic carbocycles. The summed E-state index contributed by atoms with van der Waals surface area (Å²) in [6, 6.07) is 7.85. The highest BCUT2D eigenvalue weighted by Crippen LogP contribution is 2.18. The number of pyridine rings is 1. The van der Waals surface area contributed by atoms with Gasteiger partial charge in [0.25, 0.3) is 0 Å². The summed E-state index contributed by atoms with van der Waals surface area (Å²) >= 11 is 1.60. The molecule has 3 aromatic heterocycles. The largest absolute Gasteiger partial charge is 0.352 e. The second-order valence-electron chi connectivity index (χ2n) is 6.43. The van der Waals surface area contributed by atoms with E-state index >= 15 is 0 Å². The maximum absolute atomic E-state index is 12.9. The fourth-order valence-corrected chi connectivity index (χ4v) is 4.18. The number of hydrogen-bond acceptors (Lipinski definition) is 4. The Balaban J connectivity index is 1.65. The zero-order valence-electron chi connectivity index (χ0n) is 13.9. The van der Waals surface area contributed by atoms with Gasteiger partial charge in [0.1, 0.15) is 6.54 Å². The molecule has 0 saturated heterocycles. The molecule has 1 amide bonds. The molecule has 1 aliphatic rings. The first-order valence-corrected chi connectivity index (χ1v) is 9.46. The van der Waals surface area contributed by atoms with Crippen molar-refractivity contribution in [2.24, 2.45) is 0 Å². The van der Waals surface area contributed by atoms with E-state index in [0.29, 0.717) is 17.7 Å². The summed E-state index contributed by atoms with van der Waals surface area (Å²) in [5.41, 5.74) is 1.13. The van der Waals surface area contributed by atoms with Gasteiger partial charge in [0.2, 0.25) is 5.91 Å². The summed E-state index contributed by atoms with van der Waals surface area (Å²) in [4.78, 5) is 30.7. The Morgan fingerprint density at radius 2 is 2.08 bits per heavy atom. The number of aromatic nitrogens is 3. The highest BCUT2D eigenvalue weighted by Gasteiger charge is 2.20. The van der Waals surface area contributed by atoms with Crippen LogP contribution in [0.1, 0.15) is 30.6 Å². The van der Waals surface area contributed by atoms with Crippen molar-refractivity contribution in [3.05, 3.63) is 51.2 Å². The van der Waals surface area contributed by atoms with Crippen molar-refractivity contribution in [1.29, 1.82) is 0 Å². The van der Waals surface area contributed by atoms with E-state index in [9.17, 15) is 9.59 Å². The van der Waals surface area contributed by atoms with Crippen molar-refractivity contribution in [3.8, 4) is 0 Å². The molecule has 3 heterocycles. The lowest BCUT2D eigenvalue weighted by Gasteiger charge is -2.12. The molecule has 0 aliphatic heterocycles. The first kappa shape index (κ1) is 16.1. The van der Waals surface area contributed by atoms with Gasteiger partial charge < -0.3 is 5.32 Å². The Morgan fingerprint density at radius 1 is 1.24 bits per heavy atom. The molecule has 1 N–H and O–H groups in total. The zero-order chi connectivity index (χ0) is 17.2. The third-order valence-corrected chi connectivity index (χ3v) is 5.55. The molecule has 1 fully saturated rings. The molecule has 0 bridgehead atoms. The summed E-state index contributed by atoms with van der Waals surface area (Å²) in [5, 5.41) is 5.04. The van der Waals surface area contributed by atoms with Gasteiger partial charge >= 0.3 is 5.69 Å². The fraction of sp³-hybridized carbons (Fsp3) is 0.389. The van der Waals surface area contributed by atoms with E-state index in [4.69, 9.17) is 0 Å². The summed E-state index contributed by atoms with van der Waals surface area (Å²) in [6.07, 6.45) is 6.06. The average Bonchev–Trinajstić information content (AvgIpc) is 3.34. The summed E-state index contributed by atoms with van der Waals surface area (Å²) in [7, 11) is 0. The van der Waals surface area contributed by atoms with Crippen molar-refractivity contribution >= 4 is 28.4 Å². The summed E-state index contributed by atoms with van der Waals surface area (Å²) in [5.74, 6) is -0.104. The van der Waals surface area contributed by atoms with Gasteiger partial charge in [-0.1, -0.05) is 18.9 Å². The molecule has 4 rings (SSSR count). The van der Waals surface area contributed by atoms with E-state index in [0.717, 1.165) is 30.6 Å². The molecule has 1 saturated carbocycles. The molecule has 25 heavy (non-hydrogen) atoms. The molecule has 0 radical (unpaired) electrons. The van der Waals surface area contributed by atoms with Crippen molar-refractivity contribution in [1.82, 2.24) is 19.4 Å². The molecule has 0 aromatic carbocycles. The molecule has 6 nitrogen and oxygen atoms in total. The number of nitrogens with one attached hydrogen (secondary N) is 1. The van der Waals surface area contributed by atoms with E-state index in [2.05, 4.69) is 10.3 Å². The smallest absolute Gasteiger partial charge is 0.331 e. The normalized spacial score (nSPS) is 15.0. The molecular weight excluding hydrogens is 336 g/mol. The number of carbonyl (C=O) groups excluding carboxylic acids is 1. The van der Waals surface area contributed by atoms with Crippen LogP contribution in [0.15, 0.2) is 40.6 Å². The topological polar surface area (TPSA) is 68.9 Å². The number of nitrogens with zero attached hydrogens (tertiary/aromatic N) is 3. The van der Waals surface area contributed by atoms with Gasteiger partial charge in [-0.15, -0.1) is 11.3 Å². The van der Waals surface area contributed by atoms with Crippen LogP contribution in [0.2, 0.25) is 0 Å². The van der Waals surface area contributed by atoms with E-state index in [1.807, 2.05) is 23.6 Å². The number of rotatable bonds is 5. The predicted molar refractivity (Wildman–Crippen MR) is 97.8 cm³/mol.